The smallest absolute Gasteiger partial charge is 0.0998 e. The Bertz CT molecular complexity index is 2630. The van der Waals surface area contributed by atoms with Crippen LogP contribution in [-0.4, -0.2) is 9.13 Å². The zero-order valence-corrected chi connectivity index (χ0v) is 24.9. The average molecular weight is 586 g/mol. The molecule has 3 heteroatoms. The van der Waals surface area contributed by atoms with Crippen LogP contribution in [0.3, 0.4) is 0 Å². The number of nitrogens with zero attached hydrogens (tertiary/aromatic N) is 3. The minimum atomic E-state index is 0.658. The van der Waals surface area contributed by atoms with Gasteiger partial charge in [0.05, 0.1) is 39.4 Å². The zero-order valence-electron chi connectivity index (χ0n) is 24.9. The number of benzene rings is 7. The first-order chi connectivity index (χ1) is 22.8. The van der Waals surface area contributed by atoms with E-state index in [2.05, 4.69) is 149 Å². The summed E-state index contributed by atoms with van der Waals surface area (Å²) in [6.45, 7) is 0. The number of hydrogen-bond acceptors (Lipinski definition) is 1. The predicted octanol–water partition coefficient (Wildman–Crippen LogP) is 11.1. The Hall–Kier alpha value is -6.37. The normalized spacial score (nSPS) is 11.5. The second-order valence-corrected chi connectivity index (χ2v) is 11.6. The van der Waals surface area contributed by atoms with Gasteiger partial charge < -0.3 is 9.13 Å². The van der Waals surface area contributed by atoms with Gasteiger partial charge >= 0.3 is 0 Å². The summed E-state index contributed by atoms with van der Waals surface area (Å²) in [6.07, 6.45) is 0. The largest absolute Gasteiger partial charge is 0.309 e. The van der Waals surface area contributed by atoms with Crippen molar-refractivity contribution >= 4 is 43.6 Å². The van der Waals surface area contributed by atoms with Crippen molar-refractivity contribution in [1.82, 2.24) is 9.13 Å². The SMILES string of the molecule is N#Cc1cccc(-n2c3ccccc3c3c(-c4ccc5c(c4)c4ccccc4n5-c4ccccc4)cccc32)c1-c1ccccc1. The van der Waals surface area contributed by atoms with Gasteiger partial charge in [0, 0.05) is 32.8 Å². The molecule has 0 aliphatic heterocycles. The Kier molecular flexibility index (Phi) is 5.88. The summed E-state index contributed by atoms with van der Waals surface area (Å²) in [5.41, 5.74) is 11.7. The van der Waals surface area contributed by atoms with Crippen molar-refractivity contribution in [2.75, 3.05) is 0 Å². The molecular formula is C43H27N3. The minimum absolute atomic E-state index is 0.658. The van der Waals surface area contributed by atoms with Gasteiger partial charge in [-0.15, -0.1) is 0 Å². The van der Waals surface area contributed by atoms with Crippen LogP contribution in [0.2, 0.25) is 0 Å². The molecule has 0 saturated heterocycles. The second-order valence-electron chi connectivity index (χ2n) is 11.6. The lowest BCUT2D eigenvalue weighted by molar-refractivity contribution is 1.18. The summed E-state index contributed by atoms with van der Waals surface area (Å²) >= 11 is 0. The predicted molar refractivity (Wildman–Crippen MR) is 191 cm³/mol. The standard InChI is InChI=1S/C43H27N3/c44-28-31-15-11-23-40(42(31)29-13-3-1-4-14-29)46-38-22-10-8-19-35(38)43-33(20-12-24-41(43)46)30-25-26-39-36(27-30)34-18-7-9-21-37(34)45(39)32-16-5-2-6-17-32/h1-27H. The van der Waals surface area contributed by atoms with Crippen molar-refractivity contribution in [3.63, 3.8) is 0 Å². The first-order valence-corrected chi connectivity index (χ1v) is 15.5. The number of para-hydroxylation sites is 3. The monoisotopic (exact) mass is 585 g/mol. The van der Waals surface area contributed by atoms with Gasteiger partial charge in [-0.1, -0.05) is 109 Å². The molecule has 9 rings (SSSR count). The molecule has 2 aromatic heterocycles. The molecule has 46 heavy (non-hydrogen) atoms. The lowest BCUT2D eigenvalue weighted by atomic mass is 9.97. The van der Waals surface area contributed by atoms with Gasteiger partial charge in [0.1, 0.15) is 0 Å². The summed E-state index contributed by atoms with van der Waals surface area (Å²) in [5.74, 6) is 0. The first-order valence-electron chi connectivity index (χ1n) is 15.5. The van der Waals surface area contributed by atoms with Crippen molar-refractivity contribution < 1.29 is 0 Å². The highest BCUT2D eigenvalue weighted by molar-refractivity contribution is 6.17. The van der Waals surface area contributed by atoms with Crippen molar-refractivity contribution in [1.29, 1.82) is 5.26 Å². The molecule has 3 nitrogen and oxygen atoms in total. The molecular weight excluding hydrogens is 558 g/mol. The molecule has 2 heterocycles. The van der Waals surface area contributed by atoms with Crippen LogP contribution >= 0.6 is 0 Å². The van der Waals surface area contributed by atoms with Gasteiger partial charge in [0.25, 0.3) is 0 Å². The van der Waals surface area contributed by atoms with Gasteiger partial charge in [-0.3, -0.25) is 0 Å². The Morgan fingerprint density at radius 3 is 1.85 bits per heavy atom. The fourth-order valence-electron chi connectivity index (χ4n) is 7.24. The third-order valence-electron chi connectivity index (χ3n) is 9.16. The highest BCUT2D eigenvalue weighted by Gasteiger charge is 2.21. The third kappa shape index (κ3) is 3.84. The van der Waals surface area contributed by atoms with E-state index in [1.165, 1.54) is 43.7 Å². The van der Waals surface area contributed by atoms with Crippen molar-refractivity contribution in [2.24, 2.45) is 0 Å². The second kappa shape index (κ2) is 10.4. The molecule has 7 aromatic carbocycles. The van der Waals surface area contributed by atoms with E-state index in [1.807, 2.05) is 30.3 Å². The summed E-state index contributed by atoms with van der Waals surface area (Å²) in [4.78, 5) is 0. The molecule has 9 aromatic rings. The van der Waals surface area contributed by atoms with Crippen LogP contribution < -0.4 is 0 Å². The maximum atomic E-state index is 10.2. The van der Waals surface area contributed by atoms with Crippen LogP contribution in [0.4, 0.5) is 0 Å². The first kappa shape index (κ1) is 26.1. The molecule has 214 valence electrons. The fourth-order valence-corrected chi connectivity index (χ4v) is 7.24. The van der Waals surface area contributed by atoms with Gasteiger partial charge in [-0.05, 0) is 71.3 Å². The average Bonchev–Trinajstić information content (AvgIpc) is 3.64. The molecule has 0 amide bonds. The van der Waals surface area contributed by atoms with Crippen LogP contribution in [0.25, 0.3) is 77.2 Å². The molecule has 0 spiro atoms. The Balaban J connectivity index is 1.34. The van der Waals surface area contributed by atoms with E-state index in [4.69, 9.17) is 0 Å². The lowest BCUT2D eigenvalue weighted by Gasteiger charge is -2.15. The van der Waals surface area contributed by atoms with Crippen LogP contribution in [-0.2, 0) is 0 Å². The van der Waals surface area contributed by atoms with E-state index in [-0.39, 0.29) is 0 Å². The van der Waals surface area contributed by atoms with Gasteiger partial charge in [-0.25, -0.2) is 0 Å². The quantitative estimate of drug-likeness (QED) is 0.202. The van der Waals surface area contributed by atoms with Crippen LogP contribution in [0.15, 0.2) is 164 Å². The lowest BCUT2D eigenvalue weighted by Crippen LogP contribution is -1.99. The van der Waals surface area contributed by atoms with Crippen LogP contribution in [0.5, 0.6) is 0 Å². The van der Waals surface area contributed by atoms with Crippen molar-refractivity contribution in [2.45, 2.75) is 0 Å². The summed E-state index contributed by atoms with van der Waals surface area (Å²) in [6, 6.07) is 60.0. The Morgan fingerprint density at radius 1 is 0.435 bits per heavy atom. The van der Waals surface area contributed by atoms with Crippen molar-refractivity contribution in [3.8, 4) is 39.7 Å². The zero-order chi connectivity index (χ0) is 30.6. The molecule has 0 aliphatic rings. The third-order valence-corrected chi connectivity index (χ3v) is 9.16. The van der Waals surface area contributed by atoms with Crippen molar-refractivity contribution in [3.05, 3.63) is 169 Å². The molecule has 0 unspecified atom stereocenters. The van der Waals surface area contributed by atoms with E-state index in [9.17, 15) is 5.26 Å². The Morgan fingerprint density at radius 2 is 1.07 bits per heavy atom. The highest BCUT2D eigenvalue weighted by atomic mass is 15.0. The van der Waals surface area contributed by atoms with Gasteiger partial charge in [-0.2, -0.15) is 5.26 Å². The summed E-state index contributed by atoms with van der Waals surface area (Å²) in [5, 5.41) is 15.0. The van der Waals surface area contributed by atoms with E-state index in [1.54, 1.807) is 0 Å². The highest BCUT2D eigenvalue weighted by Crippen LogP contribution is 2.42. The maximum absolute atomic E-state index is 10.2. The number of hydrogen-bond donors (Lipinski definition) is 0. The van der Waals surface area contributed by atoms with E-state index in [0.29, 0.717) is 5.56 Å². The molecule has 0 bridgehead atoms. The molecule has 0 N–H and O–H groups in total. The summed E-state index contributed by atoms with van der Waals surface area (Å²) in [7, 11) is 0. The molecule has 0 aliphatic carbocycles. The topological polar surface area (TPSA) is 33.6 Å². The molecule has 0 radical (unpaired) electrons. The van der Waals surface area contributed by atoms with E-state index < -0.39 is 0 Å². The molecule has 0 atom stereocenters. The van der Waals surface area contributed by atoms with Crippen LogP contribution in [0.1, 0.15) is 5.56 Å². The maximum Gasteiger partial charge on any atom is 0.0998 e. The fraction of sp³-hybridized carbons (Fsp3) is 0. The van der Waals surface area contributed by atoms with E-state index in [0.717, 1.165) is 33.5 Å². The van der Waals surface area contributed by atoms with Crippen LogP contribution in [0, 0.1) is 11.3 Å². The number of fused-ring (bicyclic) bond motifs is 6. The molecule has 0 saturated carbocycles. The number of nitriles is 1. The number of aromatic nitrogens is 2. The van der Waals surface area contributed by atoms with Gasteiger partial charge in [0.2, 0.25) is 0 Å². The Labute approximate surface area is 266 Å². The summed E-state index contributed by atoms with van der Waals surface area (Å²) < 4.78 is 4.69. The number of rotatable bonds is 4. The minimum Gasteiger partial charge on any atom is -0.309 e. The van der Waals surface area contributed by atoms with Gasteiger partial charge in [0.15, 0.2) is 0 Å². The van der Waals surface area contributed by atoms with E-state index >= 15 is 0 Å². The molecule has 0 fully saturated rings.